The molecule has 0 spiro atoms. The van der Waals surface area contributed by atoms with Crippen molar-refractivity contribution in [3.8, 4) is 0 Å². The Balaban J connectivity index is 0.000000671. The predicted molar refractivity (Wildman–Crippen MR) is 53.7 cm³/mol. The second kappa shape index (κ2) is 7.35. The molecular formula is C11H16O2. The Kier molecular flexibility index (Phi) is 6.60. The van der Waals surface area contributed by atoms with Crippen molar-refractivity contribution in [2.24, 2.45) is 0 Å². The molecule has 0 aromatic heterocycles. The van der Waals surface area contributed by atoms with E-state index in [1.54, 1.807) is 19.1 Å². The van der Waals surface area contributed by atoms with Crippen LogP contribution in [0.3, 0.4) is 0 Å². The molecule has 1 aromatic rings. The average molecular weight is 180 g/mol. The van der Waals surface area contributed by atoms with E-state index in [0.29, 0.717) is 12.2 Å². The summed E-state index contributed by atoms with van der Waals surface area (Å²) < 4.78 is 4.79. The van der Waals surface area contributed by atoms with Crippen LogP contribution >= 0.6 is 0 Å². The molecular weight excluding hydrogens is 164 g/mol. The summed E-state index contributed by atoms with van der Waals surface area (Å²) in [5, 5.41) is 0. The second-order valence-corrected chi connectivity index (χ2v) is 2.09. The molecule has 0 fully saturated rings. The quantitative estimate of drug-likeness (QED) is 0.654. The molecule has 2 heteroatoms. The van der Waals surface area contributed by atoms with E-state index in [9.17, 15) is 4.79 Å². The van der Waals surface area contributed by atoms with Crippen molar-refractivity contribution in [1.82, 2.24) is 0 Å². The van der Waals surface area contributed by atoms with E-state index < -0.39 is 0 Å². The number of rotatable bonds is 2. The van der Waals surface area contributed by atoms with Crippen molar-refractivity contribution in [3.63, 3.8) is 0 Å². The van der Waals surface area contributed by atoms with Crippen LogP contribution in [0.2, 0.25) is 0 Å². The third kappa shape index (κ3) is 4.31. The van der Waals surface area contributed by atoms with Crippen LogP contribution in [0.25, 0.3) is 0 Å². The topological polar surface area (TPSA) is 26.3 Å². The lowest BCUT2D eigenvalue weighted by Gasteiger charge is -1.99. The minimum Gasteiger partial charge on any atom is -0.462 e. The van der Waals surface area contributed by atoms with Crippen LogP contribution in [0.4, 0.5) is 0 Å². The molecule has 1 rings (SSSR count). The molecule has 0 saturated heterocycles. The van der Waals surface area contributed by atoms with Crippen LogP contribution in [-0.4, -0.2) is 12.6 Å². The van der Waals surface area contributed by atoms with Crippen molar-refractivity contribution >= 4 is 5.97 Å². The van der Waals surface area contributed by atoms with E-state index >= 15 is 0 Å². The molecule has 0 aliphatic carbocycles. The summed E-state index contributed by atoms with van der Waals surface area (Å²) in [5.74, 6) is -0.256. The van der Waals surface area contributed by atoms with Gasteiger partial charge in [-0.2, -0.15) is 0 Å². The Morgan fingerprint density at radius 2 is 1.77 bits per heavy atom. The van der Waals surface area contributed by atoms with Crippen molar-refractivity contribution < 1.29 is 9.53 Å². The normalized spacial score (nSPS) is 8.23. The number of benzene rings is 1. The van der Waals surface area contributed by atoms with Crippen LogP contribution < -0.4 is 0 Å². The molecule has 0 unspecified atom stereocenters. The number of ether oxygens (including phenoxy) is 1. The Morgan fingerprint density at radius 3 is 2.23 bits per heavy atom. The van der Waals surface area contributed by atoms with Gasteiger partial charge in [-0.1, -0.05) is 32.0 Å². The van der Waals surface area contributed by atoms with Gasteiger partial charge >= 0.3 is 5.97 Å². The maximum absolute atomic E-state index is 11.0. The van der Waals surface area contributed by atoms with Gasteiger partial charge in [-0.3, -0.25) is 0 Å². The van der Waals surface area contributed by atoms with Gasteiger partial charge in [0.15, 0.2) is 0 Å². The maximum atomic E-state index is 11.0. The van der Waals surface area contributed by atoms with E-state index in [0.717, 1.165) is 0 Å². The summed E-state index contributed by atoms with van der Waals surface area (Å²) in [6.07, 6.45) is 0. The maximum Gasteiger partial charge on any atom is 0.338 e. The van der Waals surface area contributed by atoms with Crippen LogP contribution in [0.15, 0.2) is 30.3 Å². The first kappa shape index (κ1) is 11.7. The van der Waals surface area contributed by atoms with Gasteiger partial charge in [0.1, 0.15) is 0 Å². The third-order valence-corrected chi connectivity index (χ3v) is 1.28. The molecule has 0 atom stereocenters. The predicted octanol–water partition coefficient (Wildman–Crippen LogP) is 2.89. The Labute approximate surface area is 79.5 Å². The number of carbonyl (C=O) groups is 1. The van der Waals surface area contributed by atoms with Crippen LogP contribution in [0, 0.1) is 0 Å². The lowest BCUT2D eigenvalue weighted by molar-refractivity contribution is 0.0526. The van der Waals surface area contributed by atoms with E-state index in [4.69, 9.17) is 4.74 Å². The number of esters is 1. The summed E-state index contributed by atoms with van der Waals surface area (Å²) in [4.78, 5) is 11.0. The molecule has 0 N–H and O–H groups in total. The average Bonchev–Trinajstić information content (AvgIpc) is 2.23. The first-order valence-electron chi connectivity index (χ1n) is 4.56. The number of carbonyl (C=O) groups excluding carboxylic acids is 1. The highest BCUT2D eigenvalue weighted by Gasteiger charge is 2.02. The lowest BCUT2D eigenvalue weighted by Crippen LogP contribution is -2.03. The molecule has 0 bridgehead atoms. The van der Waals surface area contributed by atoms with Gasteiger partial charge in [0.25, 0.3) is 0 Å². The molecule has 0 radical (unpaired) electrons. The van der Waals surface area contributed by atoms with E-state index in [1.807, 2.05) is 32.0 Å². The molecule has 2 nitrogen and oxygen atoms in total. The summed E-state index contributed by atoms with van der Waals surface area (Å²) in [6.45, 7) is 6.22. The van der Waals surface area contributed by atoms with E-state index in [-0.39, 0.29) is 5.97 Å². The molecule has 0 heterocycles. The SMILES string of the molecule is CC.CCOC(=O)c1ccccc1. The van der Waals surface area contributed by atoms with Gasteiger partial charge in [0, 0.05) is 0 Å². The molecule has 0 aliphatic heterocycles. The standard InChI is InChI=1S/C9H10O2.C2H6/c1-2-11-9(10)8-6-4-3-5-7-8;1-2/h3-7H,2H2,1H3;1-2H3. The molecule has 13 heavy (non-hydrogen) atoms. The minimum absolute atomic E-state index is 0.256. The highest BCUT2D eigenvalue weighted by molar-refractivity contribution is 5.89. The zero-order chi connectivity index (χ0) is 10.1. The Bertz CT molecular complexity index is 229. The van der Waals surface area contributed by atoms with Crippen molar-refractivity contribution in [2.75, 3.05) is 6.61 Å². The third-order valence-electron chi connectivity index (χ3n) is 1.28. The van der Waals surface area contributed by atoms with E-state index in [2.05, 4.69) is 0 Å². The Morgan fingerprint density at radius 1 is 1.23 bits per heavy atom. The lowest BCUT2D eigenvalue weighted by atomic mass is 10.2. The minimum atomic E-state index is -0.256. The number of hydrogen-bond acceptors (Lipinski definition) is 2. The highest BCUT2D eigenvalue weighted by Crippen LogP contribution is 1.99. The summed E-state index contributed by atoms with van der Waals surface area (Å²) in [7, 11) is 0. The molecule has 72 valence electrons. The first-order chi connectivity index (χ1) is 6.34. The summed E-state index contributed by atoms with van der Waals surface area (Å²) in [5.41, 5.74) is 0.606. The van der Waals surface area contributed by atoms with Gasteiger partial charge in [0.05, 0.1) is 12.2 Å². The molecule has 0 saturated carbocycles. The molecule has 0 amide bonds. The fraction of sp³-hybridized carbons (Fsp3) is 0.364. The van der Waals surface area contributed by atoms with Gasteiger partial charge in [-0.05, 0) is 19.1 Å². The fourth-order valence-electron chi connectivity index (χ4n) is 0.789. The first-order valence-corrected chi connectivity index (χ1v) is 4.56. The fourth-order valence-corrected chi connectivity index (χ4v) is 0.789. The highest BCUT2D eigenvalue weighted by atomic mass is 16.5. The van der Waals surface area contributed by atoms with Gasteiger partial charge in [0.2, 0.25) is 0 Å². The Hall–Kier alpha value is -1.31. The van der Waals surface area contributed by atoms with Gasteiger partial charge in [-0.15, -0.1) is 0 Å². The van der Waals surface area contributed by atoms with Crippen molar-refractivity contribution in [2.45, 2.75) is 20.8 Å². The van der Waals surface area contributed by atoms with Crippen LogP contribution in [-0.2, 0) is 4.74 Å². The largest absolute Gasteiger partial charge is 0.462 e. The monoisotopic (exact) mass is 180 g/mol. The van der Waals surface area contributed by atoms with Gasteiger partial charge < -0.3 is 4.74 Å². The van der Waals surface area contributed by atoms with Crippen LogP contribution in [0.1, 0.15) is 31.1 Å². The summed E-state index contributed by atoms with van der Waals surface area (Å²) in [6, 6.07) is 8.96. The zero-order valence-electron chi connectivity index (χ0n) is 8.41. The van der Waals surface area contributed by atoms with Crippen molar-refractivity contribution in [3.05, 3.63) is 35.9 Å². The molecule has 1 aromatic carbocycles. The second-order valence-electron chi connectivity index (χ2n) is 2.09. The summed E-state index contributed by atoms with van der Waals surface area (Å²) >= 11 is 0. The number of hydrogen-bond donors (Lipinski definition) is 0. The smallest absolute Gasteiger partial charge is 0.338 e. The van der Waals surface area contributed by atoms with Crippen molar-refractivity contribution in [1.29, 1.82) is 0 Å². The molecule has 0 aliphatic rings. The van der Waals surface area contributed by atoms with E-state index in [1.165, 1.54) is 0 Å². The van der Waals surface area contributed by atoms with Crippen LogP contribution in [0.5, 0.6) is 0 Å². The van der Waals surface area contributed by atoms with Gasteiger partial charge in [-0.25, -0.2) is 4.79 Å². The zero-order valence-corrected chi connectivity index (χ0v) is 8.41.